The Hall–Kier alpha value is -0.150. The highest BCUT2D eigenvalue weighted by molar-refractivity contribution is 7.82. The summed E-state index contributed by atoms with van der Waals surface area (Å²) >= 11 is -1.76. The normalized spacial score (nSPS) is 13.2. The Kier molecular flexibility index (Phi) is 15.8. The van der Waals surface area contributed by atoms with E-state index in [-0.39, 0.29) is 0 Å². The Balaban J connectivity index is 3.01. The SMILES string of the molecule is CCCCCCCCCCCCCCC=CS(=O)O. The van der Waals surface area contributed by atoms with Crippen LogP contribution in [0.2, 0.25) is 0 Å². The highest BCUT2D eigenvalue weighted by Gasteiger charge is 1.93. The molecule has 19 heavy (non-hydrogen) atoms. The van der Waals surface area contributed by atoms with Crippen LogP contribution in [-0.2, 0) is 11.1 Å². The molecule has 0 saturated heterocycles. The first-order chi connectivity index (χ1) is 9.27. The van der Waals surface area contributed by atoms with Crippen molar-refractivity contribution >= 4 is 11.1 Å². The van der Waals surface area contributed by atoms with Crippen molar-refractivity contribution in [1.29, 1.82) is 0 Å². The molecule has 0 aromatic rings. The fourth-order valence-electron chi connectivity index (χ4n) is 2.25. The highest BCUT2D eigenvalue weighted by atomic mass is 32.2. The largest absolute Gasteiger partial charge is 0.303 e. The molecule has 0 aromatic carbocycles. The fourth-order valence-corrected chi connectivity index (χ4v) is 2.55. The lowest BCUT2D eigenvalue weighted by atomic mass is 10.0. The molecule has 0 aliphatic carbocycles. The Morgan fingerprint density at radius 2 is 1.21 bits per heavy atom. The van der Waals surface area contributed by atoms with Gasteiger partial charge < -0.3 is 4.55 Å². The summed E-state index contributed by atoms with van der Waals surface area (Å²) in [4.78, 5) is 0. The molecular weight excluding hydrogens is 256 g/mol. The lowest BCUT2D eigenvalue weighted by Crippen LogP contribution is -1.82. The molecule has 114 valence electrons. The van der Waals surface area contributed by atoms with Crippen LogP contribution in [-0.4, -0.2) is 8.76 Å². The molecule has 0 fully saturated rings. The summed E-state index contributed by atoms with van der Waals surface area (Å²) < 4.78 is 18.9. The summed E-state index contributed by atoms with van der Waals surface area (Å²) in [5.41, 5.74) is 0. The van der Waals surface area contributed by atoms with E-state index >= 15 is 0 Å². The van der Waals surface area contributed by atoms with Gasteiger partial charge in [-0.1, -0.05) is 83.6 Å². The smallest absolute Gasteiger partial charge is 0.178 e. The van der Waals surface area contributed by atoms with E-state index in [2.05, 4.69) is 6.92 Å². The van der Waals surface area contributed by atoms with E-state index in [0.29, 0.717) is 0 Å². The predicted octanol–water partition coefficient (Wildman–Crippen LogP) is 5.81. The first-order valence-electron chi connectivity index (χ1n) is 8.03. The Morgan fingerprint density at radius 3 is 1.63 bits per heavy atom. The lowest BCUT2D eigenvalue weighted by molar-refractivity contribution is 0.545. The molecule has 0 aliphatic rings. The molecule has 3 heteroatoms. The van der Waals surface area contributed by atoms with Crippen LogP contribution in [0.3, 0.4) is 0 Å². The van der Waals surface area contributed by atoms with Gasteiger partial charge in [0, 0.05) is 5.41 Å². The third-order valence-corrected chi connectivity index (χ3v) is 3.86. The molecule has 2 nitrogen and oxygen atoms in total. The number of hydrogen-bond donors (Lipinski definition) is 1. The molecule has 0 aromatic heterocycles. The van der Waals surface area contributed by atoms with Crippen molar-refractivity contribution < 1.29 is 8.76 Å². The summed E-state index contributed by atoms with van der Waals surface area (Å²) in [7, 11) is 0. The molecule has 0 amide bonds. The maximum Gasteiger partial charge on any atom is 0.178 e. The van der Waals surface area contributed by atoms with E-state index in [1.165, 1.54) is 76.0 Å². The minimum absolute atomic E-state index is 0.934. The molecule has 0 heterocycles. The van der Waals surface area contributed by atoms with E-state index in [1.54, 1.807) is 0 Å². The third-order valence-electron chi connectivity index (χ3n) is 3.44. The van der Waals surface area contributed by atoms with Crippen LogP contribution < -0.4 is 0 Å². The van der Waals surface area contributed by atoms with Gasteiger partial charge in [0.15, 0.2) is 11.1 Å². The summed E-state index contributed by atoms with van der Waals surface area (Å²) in [6, 6.07) is 0. The third kappa shape index (κ3) is 17.9. The van der Waals surface area contributed by atoms with Crippen LogP contribution in [0.5, 0.6) is 0 Å². The summed E-state index contributed by atoms with van der Waals surface area (Å²) in [6.45, 7) is 2.26. The van der Waals surface area contributed by atoms with Crippen LogP contribution in [0.1, 0.15) is 90.4 Å². The van der Waals surface area contributed by atoms with Crippen molar-refractivity contribution in [1.82, 2.24) is 0 Å². The van der Waals surface area contributed by atoms with Crippen molar-refractivity contribution in [2.75, 3.05) is 0 Å². The highest BCUT2D eigenvalue weighted by Crippen LogP contribution is 2.12. The lowest BCUT2D eigenvalue weighted by Gasteiger charge is -2.02. The van der Waals surface area contributed by atoms with E-state index in [9.17, 15) is 4.21 Å². The van der Waals surface area contributed by atoms with Crippen LogP contribution in [0.15, 0.2) is 11.5 Å². The molecule has 1 N–H and O–H groups in total. The number of rotatable bonds is 14. The van der Waals surface area contributed by atoms with Crippen molar-refractivity contribution in [2.45, 2.75) is 90.4 Å². The quantitative estimate of drug-likeness (QED) is 0.323. The first kappa shape index (κ1) is 18.9. The minimum atomic E-state index is -1.76. The molecule has 0 bridgehead atoms. The predicted molar refractivity (Wildman–Crippen MR) is 85.6 cm³/mol. The average Bonchev–Trinajstić information content (AvgIpc) is 2.39. The van der Waals surface area contributed by atoms with Gasteiger partial charge in [0.25, 0.3) is 0 Å². The van der Waals surface area contributed by atoms with E-state index in [1.807, 2.05) is 6.08 Å². The second kappa shape index (κ2) is 15.9. The molecule has 1 atom stereocenters. The van der Waals surface area contributed by atoms with Crippen LogP contribution >= 0.6 is 0 Å². The molecule has 0 rings (SSSR count). The maximum atomic E-state index is 10.3. The van der Waals surface area contributed by atoms with Gasteiger partial charge in [-0.05, 0) is 12.8 Å². The zero-order valence-electron chi connectivity index (χ0n) is 12.6. The fraction of sp³-hybridized carbons (Fsp3) is 0.875. The zero-order chi connectivity index (χ0) is 14.2. The number of allylic oxidation sites excluding steroid dienone is 1. The number of hydrogen-bond acceptors (Lipinski definition) is 1. The van der Waals surface area contributed by atoms with Crippen molar-refractivity contribution in [3.05, 3.63) is 11.5 Å². The van der Waals surface area contributed by atoms with Gasteiger partial charge in [-0.2, -0.15) is 0 Å². The van der Waals surface area contributed by atoms with E-state index in [0.717, 1.165) is 12.8 Å². The van der Waals surface area contributed by atoms with Crippen LogP contribution in [0.25, 0.3) is 0 Å². The maximum absolute atomic E-state index is 10.3. The summed E-state index contributed by atoms with van der Waals surface area (Å²) in [5, 5.41) is 1.36. The van der Waals surface area contributed by atoms with Gasteiger partial charge in [0.2, 0.25) is 0 Å². The number of unbranched alkanes of at least 4 members (excludes halogenated alkanes) is 12. The monoisotopic (exact) mass is 288 g/mol. The standard InChI is InChI=1S/C16H32O2S/c1-2-3-4-5-6-7-8-9-10-11-12-13-14-15-16-19(17)18/h15-16H,2-14H2,1H3,(H,17,18). The second-order valence-corrected chi connectivity index (χ2v) is 6.15. The van der Waals surface area contributed by atoms with Gasteiger partial charge in [0.05, 0.1) is 0 Å². The van der Waals surface area contributed by atoms with Gasteiger partial charge in [0.1, 0.15) is 0 Å². The second-order valence-electron chi connectivity index (χ2n) is 5.33. The van der Waals surface area contributed by atoms with Crippen LogP contribution in [0.4, 0.5) is 0 Å². The molecule has 0 spiro atoms. The molecule has 1 unspecified atom stereocenters. The van der Waals surface area contributed by atoms with Crippen molar-refractivity contribution in [3.8, 4) is 0 Å². The Bertz CT molecular complexity index is 227. The van der Waals surface area contributed by atoms with Gasteiger partial charge in [-0.3, -0.25) is 0 Å². The Morgan fingerprint density at radius 1 is 0.789 bits per heavy atom. The minimum Gasteiger partial charge on any atom is -0.303 e. The molecular formula is C16H32O2S. The van der Waals surface area contributed by atoms with E-state index in [4.69, 9.17) is 4.55 Å². The summed E-state index contributed by atoms with van der Waals surface area (Å²) in [6.07, 6.45) is 19.0. The topological polar surface area (TPSA) is 37.3 Å². The van der Waals surface area contributed by atoms with Crippen molar-refractivity contribution in [3.63, 3.8) is 0 Å². The van der Waals surface area contributed by atoms with E-state index < -0.39 is 11.1 Å². The van der Waals surface area contributed by atoms with Crippen molar-refractivity contribution in [2.24, 2.45) is 0 Å². The van der Waals surface area contributed by atoms with Crippen LogP contribution in [0, 0.1) is 0 Å². The molecule has 0 radical (unpaired) electrons. The van der Waals surface area contributed by atoms with Gasteiger partial charge in [-0.25, -0.2) is 4.21 Å². The Labute approximate surface area is 122 Å². The van der Waals surface area contributed by atoms with Gasteiger partial charge >= 0.3 is 0 Å². The average molecular weight is 288 g/mol. The summed E-state index contributed by atoms with van der Waals surface area (Å²) in [5.74, 6) is 0. The molecule has 0 aliphatic heterocycles. The van der Waals surface area contributed by atoms with Gasteiger partial charge in [-0.15, -0.1) is 0 Å². The zero-order valence-corrected chi connectivity index (χ0v) is 13.4. The molecule has 0 saturated carbocycles. The first-order valence-corrected chi connectivity index (χ1v) is 9.20.